The number of anilines is 1. The molecule has 1 aromatic carbocycles. The maximum atomic E-state index is 10.1. The summed E-state index contributed by atoms with van der Waals surface area (Å²) >= 11 is 0. The largest absolute Gasteiger partial charge is 0.507 e. The summed E-state index contributed by atoms with van der Waals surface area (Å²) in [5.74, 6) is 0.829. The zero-order valence-electron chi connectivity index (χ0n) is 12.1. The molecule has 2 heterocycles. The van der Waals surface area contributed by atoms with Gasteiger partial charge in [-0.15, -0.1) is 0 Å². The van der Waals surface area contributed by atoms with Gasteiger partial charge in [0.2, 0.25) is 5.95 Å². The molecule has 0 aliphatic carbocycles. The summed E-state index contributed by atoms with van der Waals surface area (Å²) in [4.78, 5) is 8.67. The molecule has 1 saturated heterocycles. The van der Waals surface area contributed by atoms with E-state index in [4.69, 9.17) is 5.73 Å². The maximum Gasteiger partial charge on any atom is 0.220 e. The number of phenolic OH excluding ortho intramolecular Hbond substituents is 1. The Morgan fingerprint density at radius 2 is 2.14 bits per heavy atom. The molecule has 5 heteroatoms. The lowest BCUT2D eigenvalue weighted by molar-refractivity contribution is 0.454. The summed E-state index contributed by atoms with van der Waals surface area (Å²) in [6.07, 6.45) is 2.24. The Bertz CT molecular complexity index is 651. The Morgan fingerprint density at radius 1 is 1.29 bits per heavy atom. The van der Waals surface area contributed by atoms with Gasteiger partial charge in [0.1, 0.15) is 5.75 Å². The topological polar surface area (TPSA) is 84.1 Å². The first-order chi connectivity index (χ1) is 10.1. The highest BCUT2D eigenvalue weighted by molar-refractivity contribution is 5.68. The van der Waals surface area contributed by atoms with Crippen molar-refractivity contribution in [2.45, 2.75) is 25.7 Å². The molecule has 0 saturated carbocycles. The first-order valence-electron chi connectivity index (χ1n) is 7.28. The molecule has 2 aromatic rings. The number of nitrogen functional groups attached to an aromatic ring is 1. The number of hydrogen-bond donors (Lipinski definition) is 3. The second-order valence-corrected chi connectivity index (χ2v) is 5.60. The molecule has 1 aliphatic heterocycles. The molecule has 21 heavy (non-hydrogen) atoms. The van der Waals surface area contributed by atoms with Crippen LogP contribution in [0.2, 0.25) is 0 Å². The second-order valence-electron chi connectivity index (χ2n) is 5.60. The van der Waals surface area contributed by atoms with Crippen LogP contribution in [0.4, 0.5) is 5.95 Å². The minimum Gasteiger partial charge on any atom is -0.507 e. The molecule has 110 valence electrons. The molecule has 3 rings (SSSR count). The average molecular weight is 284 g/mol. The van der Waals surface area contributed by atoms with Gasteiger partial charge in [0.25, 0.3) is 0 Å². The van der Waals surface area contributed by atoms with Gasteiger partial charge in [-0.05, 0) is 44.5 Å². The van der Waals surface area contributed by atoms with Crippen molar-refractivity contribution in [2.75, 3.05) is 18.8 Å². The number of benzene rings is 1. The van der Waals surface area contributed by atoms with E-state index in [2.05, 4.69) is 15.3 Å². The SMILES string of the molecule is Cc1ccc(O)c(-c2cc(C3CCCNC3)nc(N)n2)c1. The van der Waals surface area contributed by atoms with Crippen LogP contribution in [0, 0.1) is 6.92 Å². The van der Waals surface area contributed by atoms with E-state index in [1.54, 1.807) is 6.07 Å². The van der Waals surface area contributed by atoms with E-state index >= 15 is 0 Å². The van der Waals surface area contributed by atoms with Crippen molar-refractivity contribution < 1.29 is 5.11 Å². The summed E-state index contributed by atoms with van der Waals surface area (Å²) < 4.78 is 0. The highest BCUT2D eigenvalue weighted by Gasteiger charge is 2.19. The average Bonchev–Trinajstić information content (AvgIpc) is 2.50. The zero-order valence-corrected chi connectivity index (χ0v) is 12.1. The normalized spacial score (nSPS) is 18.6. The number of aryl methyl sites for hydroxylation is 1. The lowest BCUT2D eigenvalue weighted by atomic mass is 9.94. The van der Waals surface area contributed by atoms with Crippen LogP contribution in [0.25, 0.3) is 11.3 Å². The minimum absolute atomic E-state index is 0.214. The standard InChI is InChI=1S/C16H20N4O/c1-10-4-5-15(21)12(7-10)14-8-13(19-16(17)20-14)11-3-2-6-18-9-11/h4-5,7-8,11,18,21H,2-3,6,9H2,1H3,(H2,17,19,20). The second kappa shape index (κ2) is 5.69. The lowest BCUT2D eigenvalue weighted by Gasteiger charge is -2.22. The Kier molecular flexibility index (Phi) is 3.75. The summed E-state index contributed by atoms with van der Waals surface area (Å²) in [5, 5.41) is 13.4. The van der Waals surface area contributed by atoms with Gasteiger partial charge in [0, 0.05) is 18.0 Å². The summed E-state index contributed by atoms with van der Waals surface area (Å²) in [7, 11) is 0. The fourth-order valence-electron chi connectivity index (χ4n) is 2.79. The summed E-state index contributed by atoms with van der Waals surface area (Å²) in [5.41, 5.74) is 9.27. The van der Waals surface area contributed by atoms with E-state index < -0.39 is 0 Å². The Balaban J connectivity index is 2.02. The number of hydrogen-bond acceptors (Lipinski definition) is 5. The van der Waals surface area contributed by atoms with Crippen molar-refractivity contribution in [3.05, 3.63) is 35.5 Å². The number of phenols is 1. The number of nitrogens with one attached hydrogen (secondary N) is 1. The molecular weight excluding hydrogens is 264 g/mol. The zero-order chi connectivity index (χ0) is 14.8. The van der Waals surface area contributed by atoms with Gasteiger partial charge in [0.05, 0.1) is 11.4 Å². The third kappa shape index (κ3) is 2.97. The van der Waals surface area contributed by atoms with Crippen molar-refractivity contribution in [1.82, 2.24) is 15.3 Å². The summed E-state index contributed by atoms with van der Waals surface area (Å²) in [6, 6.07) is 7.42. The first-order valence-corrected chi connectivity index (χ1v) is 7.28. The summed E-state index contributed by atoms with van der Waals surface area (Å²) in [6.45, 7) is 3.96. The van der Waals surface area contributed by atoms with Crippen LogP contribution in [-0.2, 0) is 0 Å². The van der Waals surface area contributed by atoms with Crippen LogP contribution in [-0.4, -0.2) is 28.2 Å². The van der Waals surface area contributed by atoms with Crippen molar-refractivity contribution in [3.8, 4) is 17.0 Å². The highest BCUT2D eigenvalue weighted by atomic mass is 16.3. The highest BCUT2D eigenvalue weighted by Crippen LogP contribution is 2.31. The van der Waals surface area contributed by atoms with Crippen molar-refractivity contribution in [1.29, 1.82) is 0 Å². The van der Waals surface area contributed by atoms with Gasteiger partial charge in [0.15, 0.2) is 0 Å². The van der Waals surface area contributed by atoms with E-state index in [0.29, 0.717) is 17.2 Å². The molecule has 0 amide bonds. The molecule has 1 atom stereocenters. The van der Waals surface area contributed by atoms with Crippen LogP contribution >= 0.6 is 0 Å². The number of aromatic nitrogens is 2. The van der Waals surface area contributed by atoms with Crippen LogP contribution in [0.1, 0.15) is 30.0 Å². The third-order valence-electron chi connectivity index (χ3n) is 3.91. The number of piperidine rings is 1. The van der Waals surface area contributed by atoms with E-state index in [9.17, 15) is 5.11 Å². The molecule has 0 bridgehead atoms. The fraction of sp³-hybridized carbons (Fsp3) is 0.375. The molecule has 4 N–H and O–H groups in total. The van der Waals surface area contributed by atoms with E-state index in [-0.39, 0.29) is 11.7 Å². The van der Waals surface area contributed by atoms with Crippen LogP contribution < -0.4 is 11.1 Å². The quantitative estimate of drug-likeness (QED) is 0.787. The van der Waals surface area contributed by atoms with Gasteiger partial charge < -0.3 is 16.2 Å². The number of rotatable bonds is 2. The number of aromatic hydroxyl groups is 1. The number of nitrogens with two attached hydrogens (primary N) is 1. The van der Waals surface area contributed by atoms with Gasteiger partial charge >= 0.3 is 0 Å². The van der Waals surface area contributed by atoms with Crippen LogP contribution in [0.3, 0.4) is 0 Å². The lowest BCUT2D eigenvalue weighted by Crippen LogP contribution is -2.29. The molecule has 1 aromatic heterocycles. The van der Waals surface area contributed by atoms with E-state index in [1.807, 2.05) is 25.1 Å². The molecule has 0 radical (unpaired) electrons. The molecule has 0 spiro atoms. The Labute approximate surface area is 124 Å². The molecule has 1 unspecified atom stereocenters. The molecule has 5 nitrogen and oxygen atoms in total. The van der Waals surface area contributed by atoms with Crippen LogP contribution in [0.5, 0.6) is 5.75 Å². The van der Waals surface area contributed by atoms with Gasteiger partial charge in [-0.25, -0.2) is 9.97 Å². The predicted octanol–water partition coefficient (Wildman–Crippen LogP) is 2.21. The maximum absolute atomic E-state index is 10.1. The fourth-order valence-corrected chi connectivity index (χ4v) is 2.79. The monoisotopic (exact) mass is 284 g/mol. The van der Waals surface area contributed by atoms with E-state index in [0.717, 1.165) is 37.2 Å². The van der Waals surface area contributed by atoms with Crippen molar-refractivity contribution in [3.63, 3.8) is 0 Å². The smallest absolute Gasteiger partial charge is 0.220 e. The Morgan fingerprint density at radius 3 is 2.90 bits per heavy atom. The van der Waals surface area contributed by atoms with Gasteiger partial charge in [-0.1, -0.05) is 11.6 Å². The minimum atomic E-state index is 0.214. The first kappa shape index (κ1) is 13.8. The molecule has 1 aliphatic rings. The predicted molar refractivity (Wildman–Crippen MR) is 83.1 cm³/mol. The third-order valence-corrected chi connectivity index (χ3v) is 3.91. The van der Waals surface area contributed by atoms with Gasteiger partial charge in [-0.3, -0.25) is 0 Å². The number of nitrogens with zero attached hydrogens (tertiary/aromatic N) is 2. The van der Waals surface area contributed by atoms with E-state index in [1.165, 1.54) is 0 Å². The van der Waals surface area contributed by atoms with Gasteiger partial charge in [-0.2, -0.15) is 0 Å². The van der Waals surface area contributed by atoms with Crippen LogP contribution in [0.15, 0.2) is 24.3 Å². The van der Waals surface area contributed by atoms with Crippen molar-refractivity contribution in [2.24, 2.45) is 0 Å². The molecular formula is C16H20N4O. The Hall–Kier alpha value is -2.14. The molecule has 1 fully saturated rings. The van der Waals surface area contributed by atoms with Crippen molar-refractivity contribution >= 4 is 5.95 Å².